The van der Waals surface area contributed by atoms with Gasteiger partial charge in [0, 0.05) is 11.4 Å². The van der Waals surface area contributed by atoms with Gasteiger partial charge in [-0.1, -0.05) is 29.8 Å². The number of halogens is 1. The van der Waals surface area contributed by atoms with Crippen LogP contribution < -0.4 is 16.4 Å². The molecule has 0 radical (unpaired) electrons. The van der Waals surface area contributed by atoms with E-state index in [1.807, 2.05) is 36.4 Å². The minimum atomic E-state index is -0.451. The van der Waals surface area contributed by atoms with Gasteiger partial charge in [0.05, 0.1) is 22.0 Å². The van der Waals surface area contributed by atoms with E-state index in [1.54, 1.807) is 12.1 Å². The van der Waals surface area contributed by atoms with Crippen LogP contribution in [0.4, 0.5) is 22.7 Å². The monoisotopic (exact) mass is 471 g/mol. The lowest BCUT2D eigenvalue weighted by Crippen LogP contribution is -2.48. The molecular weight excluding hydrogens is 442 g/mol. The number of carbonyl (C=O) groups is 1. The SMILES string of the molecule is NC(=O)c1ccccc1Nc1ccc(Nc2ccc(C34CC5CC(CC(C5)C3)C4)cc2Cl)cc1. The molecule has 4 fully saturated rings. The van der Waals surface area contributed by atoms with Gasteiger partial charge in [-0.15, -0.1) is 0 Å². The number of rotatable bonds is 6. The summed E-state index contributed by atoms with van der Waals surface area (Å²) >= 11 is 6.79. The predicted molar refractivity (Wildman–Crippen MR) is 139 cm³/mol. The Morgan fingerprint density at radius 1 is 0.794 bits per heavy atom. The molecule has 1 amide bonds. The van der Waals surface area contributed by atoms with Crippen LogP contribution in [0.3, 0.4) is 0 Å². The van der Waals surface area contributed by atoms with Crippen LogP contribution in [-0.2, 0) is 5.41 Å². The van der Waals surface area contributed by atoms with E-state index in [1.165, 1.54) is 44.1 Å². The second kappa shape index (κ2) is 8.35. The van der Waals surface area contributed by atoms with Crippen molar-refractivity contribution in [2.75, 3.05) is 10.6 Å². The molecule has 3 aromatic rings. The van der Waals surface area contributed by atoms with Crippen molar-refractivity contribution in [3.05, 3.63) is 82.9 Å². The van der Waals surface area contributed by atoms with E-state index in [0.717, 1.165) is 39.8 Å². The zero-order chi connectivity index (χ0) is 23.3. The number of amides is 1. The lowest BCUT2D eigenvalue weighted by molar-refractivity contribution is -0.00517. The van der Waals surface area contributed by atoms with Gasteiger partial charge in [0.15, 0.2) is 0 Å². The Morgan fingerprint density at radius 3 is 1.91 bits per heavy atom. The molecule has 3 aromatic carbocycles. The summed E-state index contributed by atoms with van der Waals surface area (Å²) in [5, 5.41) is 7.52. The molecular formula is C29H30ClN3O. The van der Waals surface area contributed by atoms with Crippen molar-refractivity contribution < 1.29 is 4.79 Å². The fraction of sp³-hybridized carbons (Fsp3) is 0.345. The van der Waals surface area contributed by atoms with Gasteiger partial charge < -0.3 is 16.4 Å². The first-order chi connectivity index (χ1) is 16.5. The van der Waals surface area contributed by atoms with E-state index in [-0.39, 0.29) is 0 Å². The fourth-order valence-corrected chi connectivity index (χ4v) is 7.39. The highest BCUT2D eigenvalue weighted by molar-refractivity contribution is 6.33. The molecule has 0 aliphatic heterocycles. The minimum Gasteiger partial charge on any atom is -0.366 e. The number of hydrogen-bond acceptors (Lipinski definition) is 3. The Kier molecular flexibility index (Phi) is 5.29. The smallest absolute Gasteiger partial charge is 0.250 e. The summed E-state index contributed by atoms with van der Waals surface area (Å²) in [5.74, 6) is 2.31. The van der Waals surface area contributed by atoms with Crippen LogP contribution in [0, 0.1) is 17.8 Å². The van der Waals surface area contributed by atoms with Gasteiger partial charge in [-0.25, -0.2) is 0 Å². The zero-order valence-corrected chi connectivity index (χ0v) is 19.9. The molecule has 5 heteroatoms. The van der Waals surface area contributed by atoms with Crippen molar-refractivity contribution in [1.82, 2.24) is 0 Å². The number of anilines is 4. The molecule has 0 saturated heterocycles. The third kappa shape index (κ3) is 3.94. The van der Waals surface area contributed by atoms with Gasteiger partial charge in [0.1, 0.15) is 0 Å². The van der Waals surface area contributed by atoms with Gasteiger partial charge in [-0.3, -0.25) is 4.79 Å². The number of nitrogens with two attached hydrogens (primary N) is 1. The molecule has 4 aliphatic carbocycles. The average Bonchev–Trinajstić information content (AvgIpc) is 2.81. The number of benzene rings is 3. The van der Waals surface area contributed by atoms with Crippen LogP contribution >= 0.6 is 11.6 Å². The molecule has 0 unspecified atom stereocenters. The summed E-state index contributed by atoms with van der Waals surface area (Å²) in [4.78, 5) is 11.7. The lowest BCUT2D eigenvalue weighted by atomic mass is 9.48. The van der Waals surface area contributed by atoms with Gasteiger partial charge >= 0.3 is 0 Å². The fourth-order valence-electron chi connectivity index (χ4n) is 7.17. The molecule has 4 bridgehead atoms. The maximum absolute atomic E-state index is 11.7. The molecule has 4 N–H and O–H groups in total. The molecule has 4 nitrogen and oxygen atoms in total. The summed E-state index contributed by atoms with van der Waals surface area (Å²) in [6.45, 7) is 0. The van der Waals surface area contributed by atoms with Gasteiger partial charge in [0.25, 0.3) is 5.91 Å². The molecule has 174 valence electrons. The van der Waals surface area contributed by atoms with Crippen LogP contribution in [0.5, 0.6) is 0 Å². The Hall–Kier alpha value is -2.98. The second-order valence-electron chi connectivity index (χ2n) is 10.6. The predicted octanol–water partition coefficient (Wildman–Crippen LogP) is 7.39. The number of hydrogen-bond donors (Lipinski definition) is 3. The van der Waals surface area contributed by atoms with E-state index < -0.39 is 5.91 Å². The standard InChI is InChI=1S/C29H30ClN3O/c30-25-14-21(29-15-18-11-19(16-29)13-20(12-18)17-29)5-10-27(25)33-23-8-6-22(7-9-23)32-26-4-2-1-3-24(26)28(31)34/h1-10,14,18-20,32-33H,11-13,15-17H2,(H2,31,34). The molecule has 0 atom stereocenters. The highest BCUT2D eigenvalue weighted by Crippen LogP contribution is 2.61. The van der Waals surface area contributed by atoms with E-state index in [4.69, 9.17) is 17.3 Å². The number of para-hydroxylation sites is 1. The maximum atomic E-state index is 11.7. The van der Waals surface area contributed by atoms with E-state index in [9.17, 15) is 4.79 Å². The maximum Gasteiger partial charge on any atom is 0.250 e. The van der Waals surface area contributed by atoms with E-state index >= 15 is 0 Å². The molecule has 34 heavy (non-hydrogen) atoms. The third-order valence-electron chi connectivity index (χ3n) is 8.26. The van der Waals surface area contributed by atoms with E-state index in [2.05, 4.69) is 28.8 Å². The summed E-state index contributed by atoms with van der Waals surface area (Å²) in [7, 11) is 0. The first kappa shape index (κ1) is 21.5. The van der Waals surface area contributed by atoms with Crippen LogP contribution in [0.1, 0.15) is 54.4 Å². The number of nitrogens with one attached hydrogen (secondary N) is 2. The topological polar surface area (TPSA) is 67.2 Å². The van der Waals surface area contributed by atoms with Crippen molar-refractivity contribution in [2.45, 2.75) is 43.9 Å². The minimum absolute atomic E-state index is 0.353. The van der Waals surface area contributed by atoms with Gasteiger partial charge in [-0.05, 0) is 116 Å². The van der Waals surface area contributed by atoms with Crippen LogP contribution in [0.25, 0.3) is 0 Å². The molecule has 7 rings (SSSR count). The summed E-state index contributed by atoms with van der Waals surface area (Å²) < 4.78 is 0. The summed E-state index contributed by atoms with van der Waals surface area (Å²) in [6.07, 6.45) is 8.38. The first-order valence-corrected chi connectivity index (χ1v) is 12.7. The number of carbonyl (C=O) groups excluding carboxylic acids is 1. The second-order valence-corrected chi connectivity index (χ2v) is 11.0. The largest absolute Gasteiger partial charge is 0.366 e. The Labute approximate surface area is 205 Å². The van der Waals surface area contributed by atoms with Crippen molar-refractivity contribution in [3.8, 4) is 0 Å². The van der Waals surface area contributed by atoms with Gasteiger partial charge in [-0.2, -0.15) is 0 Å². The summed E-state index contributed by atoms with van der Waals surface area (Å²) in [5.41, 5.74) is 11.2. The zero-order valence-electron chi connectivity index (χ0n) is 19.2. The Bertz CT molecular complexity index is 1200. The van der Waals surface area contributed by atoms with Gasteiger partial charge in [0.2, 0.25) is 0 Å². The first-order valence-electron chi connectivity index (χ1n) is 12.3. The summed E-state index contributed by atoms with van der Waals surface area (Å²) in [6, 6.07) is 21.8. The third-order valence-corrected chi connectivity index (χ3v) is 8.57. The van der Waals surface area contributed by atoms with Crippen LogP contribution in [0.15, 0.2) is 66.7 Å². The quantitative estimate of drug-likeness (QED) is 0.351. The lowest BCUT2D eigenvalue weighted by Gasteiger charge is -2.57. The average molecular weight is 472 g/mol. The highest BCUT2D eigenvalue weighted by Gasteiger charge is 2.51. The van der Waals surface area contributed by atoms with Crippen molar-refractivity contribution >= 4 is 40.3 Å². The molecule has 4 aliphatic rings. The normalized spacial score (nSPS) is 26.9. The highest BCUT2D eigenvalue weighted by atomic mass is 35.5. The molecule has 4 saturated carbocycles. The molecule has 0 spiro atoms. The number of primary amides is 1. The van der Waals surface area contributed by atoms with E-state index in [0.29, 0.717) is 16.7 Å². The molecule has 0 aromatic heterocycles. The van der Waals surface area contributed by atoms with Crippen LogP contribution in [-0.4, -0.2) is 5.91 Å². The Balaban J connectivity index is 1.17. The van der Waals surface area contributed by atoms with Crippen molar-refractivity contribution in [1.29, 1.82) is 0 Å². The van der Waals surface area contributed by atoms with Crippen LogP contribution in [0.2, 0.25) is 5.02 Å². The Morgan fingerprint density at radius 2 is 1.35 bits per heavy atom. The van der Waals surface area contributed by atoms with Crippen molar-refractivity contribution in [2.24, 2.45) is 23.5 Å². The van der Waals surface area contributed by atoms with Crippen molar-refractivity contribution in [3.63, 3.8) is 0 Å². The molecule has 0 heterocycles.